The standard InChI is InChI=1S/C30H39ClN2O8/c1-17(2)12-21(29(37)38)32-25(35)14-24-28(36)33(15-30(3,4)16-34)22-11-10-18(31)13-20(22)26(41-24)19-8-7-9-23(39-5)27(19)40-6/h7-11,13,17,21,24,26,34H,12,14-16H2,1-6H3,(H,32,35)(H,37,38)/t21-,24+,26+/m0/s1. The van der Waals surface area contributed by atoms with E-state index in [2.05, 4.69) is 5.32 Å². The van der Waals surface area contributed by atoms with E-state index in [1.807, 2.05) is 27.7 Å². The van der Waals surface area contributed by atoms with Crippen LogP contribution in [0, 0.1) is 11.3 Å². The van der Waals surface area contributed by atoms with E-state index in [9.17, 15) is 24.6 Å². The molecule has 3 atom stereocenters. The van der Waals surface area contributed by atoms with Crippen LogP contribution in [-0.4, -0.2) is 67.5 Å². The lowest BCUT2D eigenvalue weighted by Gasteiger charge is -2.32. The first kappa shape index (κ1) is 32.2. The molecule has 1 aliphatic rings. The Morgan fingerprint density at radius 1 is 1.15 bits per heavy atom. The lowest BCUT2D eigenvalue weighted by atomic mass is 9.92. The number of anilines is 1. The van der Waals surface area contributed by atoms with Crippen LogP contribution in [0.3, 0.4) is 0 Å². The van der Waals surface area contributed by atoms with Gasteiger partial charge < -0.3 is 34.6 Å². The fraction of sp³-hybridized carbons (Fsp3) is 0.500. The average Bonchev–Trinajstić information content (AvgIpc) is 3.02. The van der Waals surface area contributed by atoms with Gasteiger partial charge in [0.15, 0.2) is 11.5 Å². The molecule has 41 heavy (non-hydrogen) atoms. The Kier molecular flexibility index (Phi) is 10.6. The molecule has 0 saturated carbocycles. The van der Waals surface area contributed by atoms with Crippen LogP contribution in [0.2, 0.25) is 5.02 Å². The number of nitrogens with one attached hydrogen (secondary N) is 1. The molecule has 10 nitrogen and oxygen atoms in total. The van der Waals surface area contributed by atoms with Gasteiger partial charge in [0.25, 0.3) is 5.91 Å². The normalized spacial score (nSPS) is 18.0. The van der Waals surface area contributed by atoms with Crippen molar-refractivity contribution in [1.82, 2.24) is 5.32 Å². The maximum atomic E-state index is 14.1. The van der Waals surface area contributed by atoms with Crippen LogP contribution >= 0.6 is 11.6 Å². The van der Waals surface area contributed by atoms with Crippen LogP contribution in [0.15, 0.2) is 36.4 Å². The van der Waals surface area contributed by atoms with Gasteiger partial charge in [-0.05, 0) is 36.6 Å². The molecule has 0 fully saturated rings. The number of rotatable bonds is 12. The number of fused-ring (bicyclic) bond motifs is 1. The number of amides is 2. The van der Waals surface area contributed by atoms with Gasteiger partial charge in [-0.1, -0.05) is 51.4 Å². The summed E-state index contributed by atoms with van der Waals surface area (Å²) in [6.45, 7) is 7.26. The summed E-state index contributed by atoms with van der Waals surface area (Å²) in [4.78, 5) is 40.6. The summed E-state index contributed by atoms with van der Waals surface area (Å²) in [6, 6.07) is 9.20. The number of methoxy groups -OCH3 is 2. The number of aliphatic hydroxyl groups is 1. The van der Waals surface area contributed by atoms with Gasteiger partial charge in [0, 0.05) is 40.4 Å². The van der Waals surface area contributed by atoms with E-state index in [1.165, 1.54) is 19.1 Å². The number of hydrogen-bond acceptors (Lipinski definition) is 7. The fourth-order valence-electron chi connectivity index (χ4n) is 4.82. The van der Waals surface area contributed by atoms with E-state index in [-0.39, 0.29) is 25.5 Å². The highest BCUT2D eigenvalue weighted by Crippen LogP contribution is 2.45. The van der Waals surface area contributed by atoms with Crippen LogP contribution in [0.25, 0.3) is 0 Å². The van der Waals surface area contributed by atoms with Crippen LogP contribution in [0.4, 0.5) is 5.69 Å². The van der Waals surface area contributed by atoms with Gasteiger partial charge in [0.2, 0.25) is 5.91 Å². The van der Waals surface area contributed by atoms with Crippen LogP contribution in [0.5, 0.6) is 11.5 Å². The molecule has 3 rings (SSSR count). The van der Waals surface area contributed by atoms with Crippen molar-refractivity contribution in [2.45, 2.75) is 58.8 Å². The minimum atomic E-state index is -1.30. The lowest BCUT2D eigenvalue weighted by molar-refractivity contribution is -0.144. The number of ether oxygens (including phenoxy) is 3. The van der Waals surface area contributed by atoms with E-state index < -0.39 is 47.9 Å². The highest BCUT2D eigenvalue weighted by molar-refractivity contribution is 6.30. The number of hydrogen-bond donors (Lipinski definition) is 3. The zero-order valence-corrected chi connectivity index (χ0v) is 25.0. The molecular formula is C30H39ClN2O8. The second-order valence-corrected chi connectivity index (χ2v) is 11.8. The molecule has 11 heteroatoms. The van der Waals surface area contributed by atoms with Crippen molar-refractivity contribution in [2.24, 2.45) is 11.3 Å². The molecule has 0 saturated heterocycles. The summed E-state index contributed by atoms with van der Waals surface area (Å²) in [5.41, 5.74) is 0.901. The third-order valence-electron chi connectivity index (χ3n) is 6.85. The average molecular weight is 591 g/mol. The number of carbonyl (C=O) groups excluding carboxylic acids is 2. The number of benzene rings is 2. The molecule has 1 heterocycles. The second-order valence-electron chi connectivity index (χ2n) is 11.3. The predicted octanol–water partition coefficient (Wildman–Crippen LogP) is 4.20. The largest absolute Gasteiger partial charge is 0.493 e. The zero-order chi connectivity index (χ0) is 30.5. The molecule has 0 spiro atoms. The van der Waals surface area contributed by atoms with E-state index >= 15 is 0 Å². The second kappa shape index (κ2) is 13.5. The Hall–Kier alpha value is -3.34. The van der Waals surface area contributed by atoms with E-state index in [4.69, 9.17) is 25.8 Å². The Balaban J connectivity index is 2.15. The molecule has 1 aliphatic heterocycles. The van der Waals surface area contributed by atoms with Crippen LogP contribution in [-0.2, 0) is 19.1 Å². The van der Waals surface area contributed by atoms with Gasteiger partial charge in [-0.3, -0.25) is 9.59 Å². The lowest BCUT2D eigenvalue weighted by Crippen LogP contribution is -2.48. The molecule has 2 aromatic rings. The van der Waals surface area contributed by atoms with Crippen molar-refractivity contribution in [1.29, 1.82) is 0 Å². The zero-order valence-electron chi connectivity index (χ0n) is 24.3. The molecule has 2 aromatic carbocycles. The maximum Gasteiger partial charge on any atom is 0.326 e. The first-order chi connectivity index (χ1) is 19.3. The van der Waals surface area contributed by atoms with Gasteiger partial charge in [0.1, 0.15) is 18.2 Å². The Bertz CT molecular complexity index is 1270. The Morgan fingerprint density at radius 2 is 1.85 bits per heavy atom. The number of aliphatic carboxylic acids is 1. The van der Waals surface area contributed by atoms with Gasteiger partial charge in [-0.25, -0.2) is 4.79 Å². The number of aliphatic hydroxyl groups excluding tert-OH is 1. The summed E-state index contributed by atoms with van der Waals surface area (Å²) in [6.07, 6.45) is -2.42. The molecule has 0 radical (unpaired) electrons. The smallest absolute Gasteiger partial charge is 0.326 e. The minimum absolute atomic E-state index is 0.0209. The monoisotopic (exact) mass is 590 g/mol. The highest BCUT2D eigenvalue weighted by Gasteiger charge is 2.41. The number of carboxylic acid groups (broad SMARTS) is 1. The molecule has 0 bridgehead atoms. The van der Waals surface area contributed by atoms with Crippen LogP contribution < -0.4 is 19.7 Å². The maximum absolute atomic E-state index is 14.1. The van der Waals surface area contributed by atoms with Crippen LogP contribution in [0.1, 0.15) is 57.8 Å². The highest BCUT2D eigenvalue weighted by atomic mass is 35.5. The summed E-state index contributed by atoms with van der Waals surface area (Å²) in [5.74, 6) is -1.46. The quantitative estimate of drug-likeness (QED) is 0.335. The third-order valence-corrected chi connectivity index (χ3v) is 7.08. The number of halogens is 1. The van der Waals surface area contributed by atoms with E-state index in [0.717, 1.165) is 0 Å². The van der Waals surface area contributed by atoms with Gasteiger partial charge in [-0.2, -0.15) is 0 Å². The fourth-order valence-corrected chi connectivity index (χ4v) is 5.00. The summed E-state index contributed by atoms with van der Waals surface area (Å²) < 4.78 is 17.6. The van der Waals surface area contributed by atoms with Crippen molar-refractivity contribution >= 4 is 35.1 Å². The SMILES string of the molecule is COc1cccc([C@H]2O[C@H](CC(=O)N[C@@H](CC(C)C)C(=O)O)C(=O)N(CC(C)(C)CO)c3ccc(Cl)cc32)c1OC. The number of carbonyl (C=O) groups is 3. The van der Waals surface area contributed by atoms with E-state index in [1.54, 1.807) is 36.4 Å². The predicted molar refractivity (Wildman–Crippen MR) is 155 cm³/mol. The van der Waals surface area contributed by atoms with Crippen molar-refractivity contribution in [3.05, 3.63) is 52.5 Å². The molecule has 0 aromatic heterocycles. The number of nitrogens with zero attached hydrogens (tertiary/aromatic N) is 1. The third kappa shape index (κ3) is 7.69. The number of para-hydroxylation sites is 1. The van der Waals surface area contributed by atoms with Crippen molar-refractivity contribution in [3.63, 3.8) is 0 Å². The molecule has 2 amide bonds. The van der Waals surface area contributed by atoms with Gasteiger partial charge >= 0.3 is 5.97 Å². The summed E-state index contributed by atoms with van der Waals surface area (Å²) in [7, 11) is 3.00. The Labute approximate surface area is 245 Å². The molecule has 3 N–H and O–H groups in total. The van der Waals surface area contributed by atoms with Gasteiger partial charge in [-0.15, -0.1) is 0 Å². The van der Waals surface area contributed by atoms with Crippen molar-refractivity contribution in [3.8, 4) is 11.5 Å². The Morgan fingerprint density at radius 3 is 2.44 bits per heavy atom. The van der Waals surface area contributed by atoms with Crippen molar-refractivity contribution < 1.29 is 38.8 Å². The number of carboxylic acids is 1. The van der Waals surface area contributed by atoms with Gasteiger partial charge in [0.05, 0.1) is 20.6 Å². The first-order valence-corrected chi connectivity index (χ1v) is 13.8. The molecule has 0 unspecified atom stereocenters. The first-order valence-electron chi connectivity index (χ1n) is 13.4. The molecule has 224 valence electrons. The topological polar surface area (TPSA) is 135 Å². The summed E-state index contributed by atoms with van der Waals surface area (Å²) in [5, 5.41) is 22.6. The van der Waals surface area contributed by atoms with Crippen molar-refractivity contribution in [2.75, 3.05) is 32.3 Å². The summed E-state index contributed by atoms with van der Waals surface area (Å²) >= 11 is 6.43. The molecular weight excluding hydrogens is 552 g/mol. The van der Waals surface area contributed by atoms with E-state index in [0.29, 0.717) is 33.3 Å². The molecule has 0 aliphatic carbocycles. The minimum Gasteiger partial charge on any atom is -0.493 e.